The lowest BCUT2D eigenvalue weighted by Gasteiger charge is -2.34. The van der Waals surface area contributed by atoms with E-state index in [-0.39, 0.29) is 11.8 Å². The molecule has 25 heavy (non-hydrogen) atoms. The van der Waals surface area contributed by atoms with Gasteiger partial charge in [-0.15, -0.1) is 0 Å². The molecule has 0 N–H and O–H groups in total. The molecule has 5 nitrogen and oxygen atoms in total. The summed E-state index contributed by atoms with van der Waals surface area (Å²) in [6.45, 7) is 2.33. The molecule has 1 aromatic carbocycles. The largest absolute Gasteiger partial charge is 0.459 e. The minimum atomic E-state index is -0.0973. The fourth-order valence-corrected chi connectivity index (χ4v) is 3.12. The van der Waals surface area contributed by atoms with E-state index in [9.17, 15) is 9.59 Å². The van der Waals surface area contributed by atoms with Crippen LogP contribution in [0.4, 0.5) is 0 Å². The number of carbonyl (C=O) groups excluding carboxylic acids is 2. The highest BCUT2D eigenvalue weighted by Crippen LogP contribution is 2.12. The summed E-state index contributed by atoms with van der Waals surface area (Å²) in [6.07, 6.45) is 5.02. The van der Waals surface area contributed by atoms with Gasteiger partial charge in [-0.1, -0.05) is 30.3 Å². The Morgan fingerprint density at radius 2 is 1.60 bits per heavy atom. The normalized spacial score (nSPS) is 14.6. The number of piperazine rings is 1. The first-order valence-corrected chi connectivity index (χ1v) is 8.88. The van der Waals surface area contributed by atoms with E-state index in [4.69, 9.17) is 4.42 Å². The van der Waals surface area contributed by atoms with E-state index in [0.29, 0.717) is 38.4 Å². The molecule has 0 atom stereocenters. The molecule has 1 aromatic heterocycles. The van der Waals surface area contributed by atoms with Crippen molar-refractivity contribution in [3.8, 4) is 0 Å². The molecular weight excluding hydrogens is 316 g/mol. The Bertz CT molecular complexity index is 674. The van der Waals surface area contributed by atoms with E-state index in [2.05, 4.69) is 12.1 Å². The SMILES string of the molecule is O=C(CCCCc1ccccc1)N1CCN(C(=O)c2ccco2)CC1. The second-order valence-electron chi connectivity index (χ2n) is 6.34. The zero-order valence-electron chi connectivity index (χ0n) is 14.4. The molecule has 0 unspecified atom stereocenters. The van der Waals surface area contributed by atoms with Crippen molar-refractivity contribution < 1.29 is 14.0 Å². The number of rotatable bonds is 6. The Hall–Kier alpha value is -2.56. The first-order valence-electron chi connectivity index (χ1n) is 8.88. The third kappa shape index (κ3) is 4.72. The number of nitrogens with zero attached hydrogens (tertiary/aromatic N) is 2. The van der Waals surface area contributed by atoms with Crippen molar-refractivity contribution >= 4 is 11.8 Å². The molecule has 2 amide bonds. The molecular formula is C20H24N2O3. The fourth-order valence-electron chi connectivity index (χ4n) is 3.12. The molecule has 1 aliphatic heterocycles. The Kier molecular flexibility index (Phi) is 5.88. The lowest BCUT2D eigenvalue weighted by atomic mass is 10.1. The Morgan fingerprint density at radius 1 is 0.880 bits per heavy atom. The Morgan fingerprint density at radius 3 is 2.28 bits per heavy atom. The topological polar surface area (TPSA) is 53.8 Å². The summed E-state index contributed by atoms with van der Waals surface area (Å²) >= 11 is 0. The minimum Gasteiger partial charge on any atom is -0.459 e. The molecule has 2 heterocycles. The molecule has 0 spiro atoms. The fraction of sp³-hybridized carbons (Fsp3) is 0.400. The van der Waals surface area contributed by atoms with Gasteiger partial charge in [0.2, 0.25) is 5.91 Å². The minimum absolute atomic E-state index is 0.0973. The average Bonchev–Trinajstić information content (AvgIpc) is 3.20. The molecule has 0 bridgehead atoms. The molecule has 1 aliphatic rings. The van der Waals surface area contributed by atoms with Gasteiger partial charge < -0.3 is 14.2 Å². The van der Waals surface area contributed by atoms with Crippen LogP contribution in [0.2, 0.25) is 0 Å². The number of carbonyl (C=O) groups is 2. The summed E-state index contributed by atoms with van der Waals surface area (Å²) in [5.41, 5.74) is 1.32. The summed E-state index contributed by atoms with van der Waals surface area (Å²) in [4.78, 5) is 28.1. The highest BCUT2D eigenvalue weighted by molar-refractivity contribution is 5.91. The first kappa shape index (κ1) is 17.3. The van der Waals surface area contributed by atoms with Crippen LogP contribution in [0.15, 0.2) is 53.1 Å². The van der Waals surface area contributed by atoms with Gasteiger partial charge in [-0.2, -0.15) is 0 Å². The summed E-state index contributed by atoms with van der Waals surface area (Å²) in [5.74, 6) is 0.457. The van der Waals surface area contributed by atoms with Crippen LogP contribution in [-0.4, -0.2) is 47.8 Å². The maximum Gasteiger partial charge on any atom is 0.289 e. The van der Waals surface area contributed by atoms with Gasteiger partial charge in [-0.25, -0.2) is 0 Å². The number of hydrogen-bond acceptors (Lipinski definition) is 3. The lowest BCUT2D eigenvalue weighted by molar-refractivity contribution is -0.132. The maximum absolute atomic E-state index is 12.3. The average molecular weight is 340 g/mol. The summed E-state index contributed by atoms with van der Waals surface area (Å²) < 4.78 is 5.15. The Labute approximate surface area is 148 Å². The zero-order chi connectivity index (χ0) is 17.5. The van der Waals surface area contributed by atoms with Crippen LogP contribution >= 0.6 is 0 Å². The number of hydrogen-bond donors (Lipinski definition) is 0. The van der Waals surface area contributed by atoms with Crippen molar-refractivity contribution in [2.75, 3.05) is 26.2 Å². The van der Waals surface area contributed by atoms with Gasteiger partial charge in [0, 0.05) is 32.6 Å². The number of furan rings is 1. The van der Waals surface area contributed by atoms with Crippen LogP contribution in [0.25, 0.3) is 0 Å². The van der Waals surface area contributed by atoms with Gasteiger partial charge in [0.15, 0.2) is 5.76 Å². The van der Waals surface area contributed by atoms with E-state index in [1.165, 1.54) is 11.8 Å². The van der Waals surface area contributed by atoms with E-state index < -0.39 is 0 Å². The molecule has 2 aromatic rings. The van der Waals surface area contributed by atoms with Crippen LogP contribution in [0.3, 0.4) is 0 Å². The van der Waals surface area contributed by atoms with Crippen LogP contribution in [0.5, 0.6) is 0 Å². The third-order valence-corrected chi connectivity index (χ3v) is 4.60. The van der Waals surface area contributed by atoms with Gasteiger partial charge in [-0.05, 0) is 37.0 Å². The van der Waals surface area contributed by atoms with Crippen LogP contribution < -0.4 is 0 Å². The van der Waals surface area contributed by atoms with Gasteiger partial charge >= 0.3 is 0 Å². The number of unbranched alkanes of at least 4 members (excludes halogenated alkanes) is 1. The molecule has 132 valence electrons. The maximum atomic E-state index is 12.3. The predicted molar refractivity (Wildman–Crippen MR) is 95.2 cm³/mol. The van der Waals surface area contributed by atoms with Crippen molar-refractivity contribution in [3.63, 3.8) is 0 Å². The van der Waals surface area contributed by atoms with Crippen LogP contribution in [0, 0.1) is 0 Å². The summed E-state index contributed by atoms with van der Waals surface area (Å²) in [7, 11) is 0. The van der Waals surface area contributed by atoms with Crippen LogP contribution in [-0.2, 0) is 11.2 Å². The highest BCUT2D eigenvalue weighted by atomic mass is 16.3. The van der Waals surface area contributed by atoms with Gasteiger partial charge in [0.25, 0.3) is 5.91 Å². The molecule has 0 radical (unpaired) electrons. The molecule has 5 heteroatoms. The zero-order valence-corrected chi connectivity index (χ0v) is 14.4. The molecule has 0 saturated carbocycles. The highest BCUT2D eigenvalue weighted by Gasteiger charge is 2.25. The van der Waals surface area contributed by atoms with Crippen molar-refractivity contribution in [2.24, 2.45) is 0 Å². The quantitative estimate of drug-likeness (QED) is 0.760. The van der Waals surface area contributed by atoms with Crippen molar-refractivity contribution in [1.82, 2.24) is 9.80 Å². The number of amides is 2. The lowest BCUT2D eigenvalue weighted by Crippen LogP contribution is -2.50. The first-order chi connectivity index (χ1) is 12.2. The Balaban J connectivity index is 1.36. The standard InChI is InChI=1S/C20H24N2O3/c23-19(11-5-4-9-17-7-2-1-3-8-17)21-12-14-22(15-13-21)20(24)18-10-6-16-25-18/h1-3,6-8,10,16H,4-5,9,11-15H2. The third-order valence-electron chi connectivity index (χ3n) is 4.60. The summed E-state index contributed by atoms with van der Waals surface area (Å²) in [6, 6.07) is 13.7. The van der Waals surface area contributed by atoms with Crippen molar-refractivity contribution in [2.45, 2.75) is 25.7 Å². The molecule has 0 aliphatic carbocycles. The number of aryl methyl sites for hydroxylation is 1. The van der Waals surface area contributed by atoms with Gasteiger partial charge in [0.05, 0.1) is 6.26 Å². The van der Waals surface area contributed by atoms with E-state index in [1.54, 1.807) is 17.0 Å². The molecule has 1 saturated heterocycles. The van der Waals surface area contributed by atoms with Crippen molar-refractivity contribution in [3.05, 3.63) is 60.1 Å². The van der Waals surface area contributed by atoms with Crippen molar-refractivity contribution in [1.29, 1.82) is 0 Å². The van der Waals surface area contributed by atoms with E-state index >= 15 is 0 Å². The second-order valence-corrected chi connectivity index (χ2v) is 6.34. The van der Waals surface area contributed by atoms with Gasteiger partial charge in [-0.3, -0.25) is 9.59 Å². The predicted octanol–water partition coefficient (Wildman–Crippen LogP) is 2.98. The monoisotopic (exact) mass is 340 g/mol. The van der Waals surface area contributed by atoms with Crippen LogP contribution in [0.1, 0.15) is 35.4 Å². The number of benzene rings is 1. The summed E-state index contributed by atoms with van der Waals surface area (Å²) in [5, 5.41) is 0. The van der Waals surface area contributed by atoms with E-state index in [1.807, 2.05) is 23.1 Å². The van der Waals surface area contributed by atoms with E-state index in [0.717, 1.165) is 19.3 Å². The molecule has 3 rings (SSSR count). The smallest absolute Gasteiger partial charge is 0.289 e. The molecule has 1 fully saturated rings. The van der Waals surface area contributed by atoms with Gasteiger partial charge in [0.1, 0.15) is 0 Å². The second kappa shape index (κ2) is 8.51.